The summed E-state index contributed by atoms with van der Waals surface area (Å²) in [7, 11) is 0. The molecule has 3 nitrogen and oxygen atoms in total. The van der Waals surface area contributed by atoms with Gasteiger partial charge in [0.1, 0.15) is 5.60 Å². The van der Waals surface area contributed by atoms with Crippen LogP contribution in [0.25, 0.3) is 0 Å². The number of carboxylic acid groups (broad SMARTS) is 1. The first-order chi connectivity index (χ1) is 7.65. The van der Waals surface area contributed by atoms with E-state index in [0.717, 1.165) is 25.7 Å². The number of carboxylic acids is 1. The molecule has 0 heterocycles. The van der Waals surface area contributed by atoms with Crippen LogP contribution in [0.3, 0.4) is 0 Å². The third-order valence-electron chi connectivity index (χ3n) is 3.47. The Morgan fingerprint density at radius 2 is 1.72 bits per heavy atom. The fourth-order valence-electron chi connectivity index (χ4n) is 2.56. The number of carbonyl (C=O) groups is 1. The second-order valence-corrected chi connectivity index (χ2v) is 4.40. The van der Waals surface area contributed by atoms with Gasteiger partial charge in [-0.05, 0) is 24.3 Å². The largest absolute Gasteiger partial charge is 1.00 e. The Labute approximate surface area is 151 Å². The Bertz CT molecular complexity index is 374. The first-order valence-electron chi connectivity index (χ1n) is 5.65. The van der Waals surface area contributed by atoms with Crippen LogP contribution in [-0.4, -0.2) is 11.1 Å². The molecule has 2 rings (SSSR count). The molecular weight excluding hydrogens is 255 g/mol. The molecular formula is C14H18KO3-. The summed E-state index contributed by atoms with van der Waals surface area (Å²) in [6.07, 6.45) is 3.46. The molecule has 0 aromatic heterocycles. The van der Waals surface area contributed by atoms with Crippen molar-refractivity contribution in [3.63, 3.8) is 0 Å². The monoisotopic (exact) mass is 273 g/mol. The predicted octanol–water partition coefficient (Wildman–Crippen LogP) is -1.73. The summed E-state index contributed by atoms with van der Waals surface area (Å²) in [5.74, 6) is -1.61. The van der Waals surface area contributed by atoms with Crippen molar-refractivity contribution in [1.82, 2.24) is 0 Å². The normalized spacial score (nSPS) is 18.3. The number of aliphatic hydroxyl groups is 1. The molecule has 1 atom stereocenters. The van der Waals surface area contributed by atoms with Crippen LogP contribution in [0.2, 0.25) is 0 Å². The molecule has 1 fully saturated rings. The number of hydrogen-bond acceptors (Lipinski definition) is 3. The second kappa shape index (κ2) is 7.77. The summed E-state index contributed by atoms with van der Waals surface area (Å²) in [5, 5.41) is 21.6. The van der Waals surface area contributed by atoms with Crippen LogP contribution in [0, 0.1) is 13.3 Å². The first-order valence-corrected chi connectivity index (χ1v) is 5.65. The molecule has 0 amide bonds. The molecule has 4 heteroatoms. The molecule has 18 heavy (non-hydrogen) atoms. The summed E-state index contributed by atoms with van der Waals surface area (Å²) < 4.78 is 0. The van der Waals surface area contributed by atoms with Crippen LogP contribution in [0.5, 0.6) is 0 Å². The van der Waals surface area contributed by atoms with Gasteiger partial charge in [0, 0.05) is 0 Å². The second-order valence-electron chi connectivity index (χ2n) is 4.40. The minimum atomic E-state index is -1.82. The van der Waals surface area contributed by atoms with E-state index in [0.29, 0.717) is 5.56 Å². The Kier molecular flexibility index (Phi) is 7.90. The summed E-state index contributed by atoms with van der Waals surface area (Å²) in [4.78, 5) is 11.2. The summed E-state index contributed by atoms with van der Waals surface area (Å²) in [6, 6.07) is 8.56. The minimum Gasteiger partial charge on any atom is -0.547 e. The van der Waals surface area contributed by atoms with Crippen molar-refractivity contribution in [3.8, 4) is 0 Å². The minimum absolute atomic E-state index is 0. The molecule has 1 unspecified atom stereocenters. The summed E-state index contributed by atoms with van der Waals surface area (Å²) >= 11 is 0. The van der Waals surface area contributed by atoms with Gasteiger partial charge in [-0.15, -0.1) is 0 Å². The average Bonchev–Trinajstić information content (AvgIpc) is 2.82. The standard InChI is InChI=1S/C13H16O3.CH3.K/c14-12(15)13(16,11-8-4-5-9-11)10-6-2-1-3-7-10;;/h1-3,6-7,11,16H,4-5,8-9H2,(H,14,15);1H3;/q;-1;+1/p-1. The Morgan fingerprint density at radius 1 is 1.22 bits per heavy atom. The Morgan fingerprint density at radius 3 is 2.17 bits per heavy atom. The number of aliphatic carboxylic acids is 1. The molecule has 0 aliphatic heterocycles. The summed E-state index contributed by atoms with van der Waals surface area (Å²) in [6.45, 7) is 0. The van der Waals surface area contributed by atoms with E-state index in [-0.39, 0.29) is 64.7 Å². The van der Waals surface area contributed by atoms with Crippen molar-refractivity contribution in [3.05, 3.63) is 43.3 Å². The van der Waals surface area contributed by atoms with Crippen molar-refractivity contribution in [2.75, 3.05) is 0 Å². The van der Waals surface area contributed by atoms with Crippen molar-refractivity contribution < 1.29 is 66.4 Å². The smallest absolute Gasteiger partial charge is 0.547 e. The van der Waals surface area contributed by atoms with Crippen molar-refractivity contribution >= 4 is 5.97 Å². The molecule has 1 aliphatic rings. The van der Waals surface area contributed by atoms with Crippen molar-refractivity contribution in [1.29, 1.82) is 0 Å². The van der Waals surface area contributed by atoms with Gasteiger partial charge in [0.2, 0.25) is 0 Å². The number of benzene rings is 1. The van der Waals surface area contributed by atoms with E-state index in [4.69, 9.17) is 0 Å². The van der Waals surface area contributed by atoms with Crippen LogP contribution in [0.15, 0.2) is 30.3 Å². The zero-order valence-electron chi connectivity index (χ0n) is 11.1. The van der Waals surface area contributed by atoms with Crippen LogP contribution < -0.4 is 56.5 Å². The van der Waals surface area contributed by atoms with Crippen LogP contribution in [0.4, 0.5) is 0 Å². The number of carbonyl (C=O) groups excluding carboxylic acids is 1. The van der Waals surface area contributed by atoms with E-state index in [1.54, 1.807) is 30.3 Å². The van der Waals surface area contributed by atoms with E-state index >= 15 is 0 Å². The Balaban J connectivity index is 0.00000144. The zero-order chi connectivity index (χ0) is 11.6. The fraction of sp³-hybridized carbons (Fsp3) is 0.429. The van der Waals surface area contributed by atoms with Crippen LogP contribution in [-0.2, 0) is 10.4 Å². The third kappa shape index (κ3) is 3.43. The molecule has 1 N–H and O–H groups in total. The maximum absolute atomic E-state index is 11.2. The molecule has 1 aromatic carbocycles. The van der Waals surface area contributed by atoms with E-state index in [1.165, 1.54) is 0 Å². The van der Waals surface area contributed by atoms with Gasteiger partial charge >= 0.3 is 51.4 Å². The first kappa shape index (κ1) is 18.3. The predicted molar refractivity (Wildman–Crippen MR) is 63.7 cm³/mol. The molecule has 94 valence electrons. The van der Waals surface area contributed by atoms with Gasteiger partial charge in [0.15, 0.2) is 0 Å². The fourth-order valence-corrected chi connectivity index (χ4v) is 2.56. The third-order valence-corrected chi connectivity index (χ3v) is 3.47. The van der Waals surface area contributed by atoms with Crippen molar-refractivity contribution in [2.45, 2.75) is 31.3 Å². The van der Waals surface area contributed by atoms with Gasteiger partial charge in [-0.2, -0.15) is 0 Å². The molecule has 0 radical (unpaired) electrons. The molecule has 1 aliphatic carbocycles. The van der Waals surface area contributed by atoms with Gasteiger partial charge in [-0.25, -0.2) is 0 Å². The van der Waals surface area contributed by atoms with Crippen LogP contribution in [0.1, 0.15) is 31.2 Å². The van der Waals surface area contributed by atoms with Gasteiger partial charge in [-0.3, -0.25) is 0 Å². The quantitative estimate of drug-likeness (QED) is 0.526. The van der Waals surface area contributed by atoms with E-state index in [1.807, 2.05) is 0 Å². The maximum Gasteiger partial charge on any atom is 1.00 e. The van der Waals surface area contributed by atoms with Gasteiger partial charge < -0.3 is 22.4 Å². The zero-order valence-corrected chi connectivity index (χ0v) is 14.2. The van der Waals surface area contributed by atoms with Crippen LogP contribution >= 0.6 is 0 Å². The number of rotatable bonds is 3. The van der Waals surface area contributed by atoms with Gasteiger partial charge in [0.05, 0.1) is 5.97 Å². The van der Waals surface area contributed by atoms with E-state index in [2.05, 4.69) is 0 Å². The van der Waals surface area contributed by atoms with E-state index in [9.17, 15) is 15.0 Å². The topological polar surface area (TPSA) is 60.4 Å². The molecule has 1 saturated carbocycles. The maximum atomic E-state index is 11.2. The molecule has 0 bridgehead atoms. The van der Waals surface area contributed by atoms with Gasteiger partial charge in [-0.1, -0.05) is 43.2 Å². The molecule has 1 aromatic rings. The van der Waals surface area contributed by atoms with E-state index < -0.39 is 11.6 Å². The average molecular weight is 273 g/mol. The van der Waals surface area contributed by atoms with Gasteiger partial charge in [0.25, 0.3) is 0 Å². The SMILES string of the molecule is O=C([O-])C(O)(c1ccccc1)C1CCCC1.[CH3-].[K+]. The Hall–Kier alpha value is 0.286. The van der Waals surface area contributed by atoms with Crippen molar-refractivity contribution in [2.24, 2.45) is 5.92 Å². The number of hydrogen-bond donors (Lipinski definition) is 1. The molecule has 0 saturated heterocycles. The molecule has 0 spiro atoms. The summed E-state index contributed by atoms with van der Waals surface area (Å²) in [5.41, 5.74) is -1.39.